The summed E-state index contributed by atoms with van der Waals surface area (Å²) in [7, 11) is 0. The topological polar surface area (TPSA) is 74.0 Å². The van der Waals surface area contributed by atoms with Gasteiger partial charge in [-0.25, -0.2) is 4.39 Å². The second-order valence-corrected chi connectivity index (χ2v) is 9.65. The number of halogens is 1. The number of carbonyl (C=O) groups is 2. The van der Waals surface area contributed by atoms with Gasteiger partial charge in [-0.3, -0.25) is 9.59 Å². The quantitative estimate of drug-likeness (QED) is 0.308. The summed E-state index contributed by atoms with van der Waals surface area (Å²) in [5.41, 5.74) is 4.55. The van der Waals surface area contributed by atoms with Gasteiger partial charge in [0.25, 0.3) is 5.91 Å². The third kappa shape index (κ3) is 5.33. The molecular weight excluding hydrogens is 453 g/mol. The lowest BCUT2D eigenvalue weighted by atomic mass is 9.85. The van der Waals surface area contributed by atoms with Gasteiger partial charge >= 0.3 is 0 Å². The van der Waals surface area contributed by atoms with E-state index in [0.717, 1.165) is 53.4 Å². The van der Waals surface area contributed by atoms with Crippen molar-refractivity contribution in [2.24, 2.45) is 5.92 Å². The van der Waals surface area contributed by atoms with Gasteiger partial charge in [-0.15, -0.1) is 0 Å². The molecule has 36 heavy (non-hydrogen) atoms. The fourth-order valence-corrected chi connectivity index (χ4v) is 4.98. The molecule has 1 saturated carbocycles. The Morgan fingerprint density at radius 2 is 1.64 bits per heavy atom. The molecule has 3 aromatic carbocycles. The van der Waals surface area contributed by atoms with Crippen LogP contribution in [0.15, 0.2) is 78.9 Å². The fraction of sp³-hybridized carbons (Fsp3) is 0.267. The summed E-state index contributed by atoms with van der Waals surface area (Å²) in [5.74, 6) is -0.441. The Kier molecular flexibility index (Phi) is 6.85. The highest BCUT2D eigenvalue weighted by atomic mass is 19.1. The first-order chi connectivity index (χ1) is 17.5. The van der Waals surface area contributed by atoms with Gasteiger partial charge in [0, 0.05) is 34.1 Å². The normalized spacial score (nSPS) is 18.5. The average molecular weight is 484 g/mol. The van der Waals surface area contributed by atoms with Crippen LogP contribution in [0.1, 0.15) is 54.6 Å². The number of H-pyrrole nitrogens is 1. The average Bonchev–Trinajstić information content (AvgIpc) is 3.33. The van der Waals surface area contributed by atoms with Gasteiger partial charge in [-0.1, -0.05) is 48.5 Å². The van der Waals surface area contributed by atoms with Crippen LogP contribution in [-0.2, 0) is 4.79 Å². The predicted molar refractivity (Wildman–Crippen MR) is 140 cm³/mol. The summed E-state index contributed by atoms with van der Waals surface area (Å²) in [4.78, 5) is 29.1. The van der Waals surface area contributed by atoms with Crippen LogP contribution in [0.3, 0.4) is 0 Å². The zero-order valence-electron chi connectivity index (χ0n) is 20.3. The van der Waals surface area contributed by atoms with Crippen LogP contribution in [0.2, 0.25) is 0 Å². The molecule has 0 spiro atoms. The van der Waals surface area contributed by atoms with Crippen molar-refractivity contribution in [3.05, 3.63) is 95.8 Å². The van der Waals surface area contributed by atoms with Crippen molar-refractivity contribution in [3.8, 4) is 11.3 Å². The zero-order chi connectivity index (χ0) is 25.1. The second-order valence-electron chi connectivity index (χ2n) is 9.65. The smallest absolute Gasteiger partial charge is 0.251 e. The van der Waals surface area contributed by atoms with E-state index in [9.17, 15) is 14.0 Å². The third-order valence-corrected chi connectivity index (χ3v) is 7.13. The molecule has 1 aromatic heterocycles. The summed E-state index contributed by atoms with van der Waals surface area (Å²) in [6.07, 6.45) is 2.97. The maximum atomic E-state index is 13.2. The molecule has 184 valence electrons. The number of aromatic amines is 1. The molecule has 3 N–H and O–H groups in total. The lowest BCUT2D eigenvalue weighted by molar-refractivity contribution is -0.126. The van der Waals surface area contributed by atoms with E-state index < -0.39 is 0 Å². The number of rotatable bonds is 6. The minimum Gasteiger partial charge on any atom is -0.355 e. The molecule has 0 saturated heterocycles. The molecule has 0 unspecified atom stereocenters. The molecule has 1 fully saturated rings. The maximum absolute atomic E-state index is 13.2. The molecule has 0 bridgehead atoms. The fourth-order valence-electron chi connectivity index (χ4n) is 4.98. The Hall–Kier alpha value is -3.93. The van der Waals surface area contributed by atoms with Crippen LogP contribution < -0.4 is 10.6 Å². The first-order valence-electron chi connectivity index (χ1n) is 12.5. The van der Waals surface area contributed by atoms with Crippen LogP contribution in [-0.4, -0.2) is 22.8 Å². The number of fused-ring (bicyclic) bond motifs is 1. The number of amides is 2. The van der Waals surface area contributed by atoms with Gasteiger partial charge in [0.15, 0.2) is 0 Å². The van der Waals surface area contributed by atoms with Crippen molar-refractivity contribution in [1.82, 2.24) is 15.6 Å². The lowest BCUT2D eigenvalue weighted by Crippen LogP contribution is -2.41. The largest absolute Gasteiger partial charge is 0.355 e. The number of nitrogens with one attached hydrogen (secondary N) is 3. The van der Waals surface area contributed by atoms with E-state index in [0.29, 0.717) is 5.56 Å². The van der Waals surface area contributed by atoms with Crippen LogP contribution in [0, 0.1) is 11.7 Å². The number of hydrogen-bond donors (Lipinski definition) is 3. The molecule has 5 rings (SSSR count). The molecule has 1 aliphatic carbocycles. The van der Waals surface area contributed by atoms with Crippen molar-refractivity contribution < 1.29 is 14.0 Å². The van der Waals surface area contributed by atoms with Gasteiger partial charge < -0.3 is 15.6 Å². The minimum absolute atomic E-state index is 0.0167. The highest BCUT2D eigenvalue weighted by molar-refractivity contribution is 5.99. The predicted octanol–water partition coefficient (Wildman–Crippen LogP) is 6.14. The van der Waals surface area contributed by atoms with Crippen molar-refractivity contribution in [3.63, 3.8) is 0 Å². The second kappa shape index (κ2) is 10.4. The van der Waals surface area contributed by atoms with Crippen LogP contribution >= 0.6 is 0 Å². The SMILES string of the molecule is C[C@@H](NC(=O)[C@H]1CC[C@H](NC(=O)c2ccc3cc(-c4ccccc4)[nH]c3c2)CC1)c1ccc(F)cc1. The molecule has 1 heterocycles. The Morgan fingerprint density at radius 1 is 0.917 bits per heavy atom. The summed E-state index contributed by atoms with van der Waals surface area (Å²) >= 11 is 0. The van der Waals surface area contributed by atoms with Crippen LogP contribution in [0.4, 0.5) is 4.39 Å². The van der Waals surface area contributed by atoms with Gasteiger partial charge in [-0.05, 0) is 74.1 Å². The first-order valence-corrected chi connectivity index (χ1v) is 12.5. The molecule has 6 heteroatoms. The lowest BCUT2D eigenvalue weighted by Gasteiger charge is -2.29. The van der Waals surface area contributed by atoms with Gasteiger partial charge in [-0.2, -0.15) is 0 Å². The summed E-state index contributed by atoms with van der Waals surface area (Å²) in [6.45, 7) is 1.90. The van der Waals surface area contributed by atoms with Crippen LogP contribution in [0.5, 0.6) is 0 Å². The molecule has 0 radical (unpaired) electrons. The number of carbonyl (C=O) groups excluding carboxylic acids is 2. The van der Waals surface area contributed by atoms with Crippen LogP contribution in [0.25, 0.3) is 22.2 Å². The number of benzene rings is 3. The monoisotopic (exact) mass is 483 g/mol. The standard InChI is InChI=1S/C30H30FN3O2/c1-19(20-9-13-25(31)14-10-20)32-29(35)22-11-15-26(16-12-22)33-30(36)24-8-7-23-17-27(34-28(23)18-24)21-5-3-2-4-6-21/h2-10,13-14,17-19,22,26,34H,11-12,15-16H2,1H3,(H,32,35)(H,33,36)/t19-,22-,26-/m1/s1. The molecule has 5 nitrogen and oxygen atoms in total. The van der Waals surface area contributed by atoms with Gasteiger partial charge in [0.2, 0.25) is 5.91 Å². The van der Waals surface area contributed by atoms with E-state index in [1.165, 1.54) is 12.1 Å². The third-order valence-electron chi connectivity index (χ3n) is 7.13. The number of aromatic nitrogens is 1. The zero-order valence-corrected chi connectivity index (χ0v) is 20.3. The maximum Gasteiger partial charge on any atom is 0.251 e. The first kappa shape index (κ1) is 23.8. The summed E-state index contributed by atoms with van der Waals surface area (Å²) in [6, 6.07) is 24.0. The Balaban J connectivity index is 1.15. The van der Waals surface area contributed by atoms with Gasteiger partial charge in [0.1, 0.15) is 5.82 Å². The van der Waals surface area contributed by atoms with Crippen molar-refractivity contribution in [1.29, 1.82) is 0 Å². The Morgan fingerprint density at radius 3 is 2.36 bits per heavy atom. The minimum atomic E-state index is -0.289. The van der Waals surface area contributed by atoms with E-state index in [4.69, 9.17) is 0 Å². The van der Waals surface area contributed by atoms with E-state index in [-0.39, 0.29) is 35.6 Å². The molecule has 0 aliphatic heterocycles. The van der Waals surface area contributed by atoms with Crippen molar-refractivity contribution >= 4 is 22.7 Å². The highest BCUT2D eigenvalue weighted by Crippen LogP contribution is 2.27. The van der Waals surface area contributed by atoms with Crippen molar-refractivity contribution in [2.45, 2.75) is 44.7 Å². The highest BCUT2D eigenvalue weighted by Gasteiger charge is 2.28. The Labute approximate surface area is 210 Å². The molecular formula is C30H30FN3O2. The molecule has 1 aliphatic rings. The van der Waals surface area contributed by atoms with E-state index in [1.807, 2.05) is 43.3 Å². The van der Waals surface area contributed by atoms with E-state index >= 15 is 0 Å². The Bertz CT molecular complexity index is 1360. The van der Waals surface area contributed by atoms with E-state index in [2.05, 4.69) is 33.8 Å². The summed E-state index contributed by atoms with van der Waals surface area (Å²) in [5, 5.41) is 7.26. The van der Waals surface area contributed by atoms with Crippen molar-refractivity contribution in [2.75, 3.05) is 0 Å². The van der Waals surface area contributed by atoms with E-state index in [1.54, 1.807) is 12.1 Å². The molecule has 4 aromatic rings. The molecule has 1 atom stereocenters. The molecule has 2 amide bonds. The summed E-state index contributed by atoms with van der Waals surface area (Å²) < 4.78 is 13.2. The van der Waals surface area contributed by atoms with Gasteiger partial charge in [0.05, 0.1) is 6.04 Å². The number of hydrogen-bond acceptors (Lipinski definition) is 2.